The fraction of sp³-hybridized carbons (Fsp3) is 0.263. The zero-order valence-corrected chi connectivity index (χ0v) is 14.2. The van der Waals surface area contributed by atoms with E-state index in [-0.39, 0.29) is 17.6 Å². The number of ether oxygens (including phenoxy) is 1. The van der Waals surface area contributed by atoms with E-state index in [0.717, 1.165) is 5.56 Å². The van der Waals surface area contributed by atoms with Gasteiger partial charge in [0, 0.05) is 24.4 Å². The summed E-state index contributed by atoms with van der Waals surface area (Å²) in [6, 6.07) is 12.4. The van der Waals surface area contributed by atoms with Crippen LogP contribution in [0.25, 0.3) is 0 Å². The van der Waals surface area contributed by atoms with E-state index in [9.17, 15) is 14.0 Å². The van der Waals surface area contributed by atoms with Gasteiger partial charge in [-0.25, -0.2) is 4.39 Å². The van der Waals surface area contributed by atoms with Crippen LogP contribution in [0.2, 0.25) is 0 Å². The Morgan fingerprint density at radius 1 is 1.08 bits per heavy atom. The zero-order valence-electron chi connectivity index (χ0n) is 14.2. The van der Waals surface area contributed by atoms with Gasteiger partial charge in [-0.1, -0.05) is 12.1 Å². The summed E-state index contributed by atoms with van der Waals surface area (Å²) < 4.78 is 18.1. The Hall–Kier alpha value is -2.73. The van der Waals surface area contributed by atoms with Crippen LogP contribution in [-0.4, -0.2) is 24.5 Å². The molecule has 2 amide bonds. The summed E-state index contributed by atoms with van der Waals surface area (Å²) in [4.78, 5) is 23.9. The standard InChI is InChI=1S/C19H21FN2O3/c1-3-25-13(2)18(23)21-12-14-4-6-15(7-5-14)19(24)22-17-10-8-16(20)9-11-17/h4-11,13H,3,12H2,1-2H3,(H,21,23)(H,22,24)/t13-/m1/s1. The van der Waals surface area contributed by atoms with Gasteiger partial charge in [-0.3, -0.25) is 9.59 Å². The molecule has 0 aliphatic carbocycles. The lowest BCUT2D eigenvalue weighted by molar-refractivity contribution is -0.131. The van der Waals surface area contributed by atoms with Crippen molar-refractivity contribution >= 4 is 17.5 Å². The topological polar surface area (TPSA) is 67.4 Å². The third kappa shape index (κ3) is 5.69. The molecule has 5 nitrogen and oxygen atoms in total. The molecular formula is C19H21FN2O3. The van der Waals surface area contributed by atoms with Gasteiger partial charge in [-0.2, -0.15) is 0 Å². The number of rotatable bonds is 7. The average molecular weight is 344 g/mol. The first kappa shape index (κ1) is 18.6. The molecule has 2 rings (SSSR count). The number of anilines is 1. The summed E-state index contributed by atoms with van der Waals surface area (Å²) in [5.41, 5.74) is 1.87. The van der Waals surface area contributed by atoms with Crippen LogP contribution < -0.4 is 10.6 Å². The third-order valence-corrected chi connectivity index (χ3v) is 3.57. The van der Waals surface area contributed by atoms with Crippen LogP contribution in [0, 0.1) is 5.82 Å². The Labute approximate surface area is 146 Å². The molecule has 0 radical (unpaired) electrons. The van der Waals surface area contributed by atoms with E-state index in [4.69, 9.17) is 4.74 Å². The van der Waals surface area contributed by atoms with Crippen LogP contribution in [0.4, 0.5) is 10.1 Å². The van der Waals surface area contributed by atoms with E-state index in [1.807, 2.05) is 6.92 Å². The van der Waals surface area contributed by atoms with Gasteiger partial charge in [0.1, 0.15) is 11.9 Å². The molecule has 2 aromatic carbocycles. The highest BCUT2D eigenvalue weighted by Crippen LogP contribution is 2.11. The summed E-state index contributed by atoms with van der Waals surface area (Å²) in [6.45, 7) is 4.36. The Bertz CT molecular complexity index is 714. The highest BCUT2D eigenvalue weighted by molar-refractivity contribution is 6.04. The lowest BCUT2D eigenvalue weighted by Crippen LogP contribution is -2.34. The second-order valence-electron chi connectivity index (χ2n) is 5.47. The molecule has 0 aliphatic heterocycles. The van der Waals surface area contributed by atoms with Crippen molar-refractivity contribution in [2.24, 2.45) is 0 Å². The fourth-order valence-corrected chi connectivity index (χ4v) is 2.17. The molecule has 1 atom stereocenters. The van der Waals surface area contributed by atoms with E-state index in [2.05, 4.69) is 10.6 Å². The predicted molar refractivity (Wildman–Crippen MR) is 93.7 cm³/mol. The van der Waals surface area contributed by atoms with Gasteiger partial charge in [-0.15, -0.1) is 0 Å². The lowest BCUT2D eigenvalue weighted by atomic mass is 10.1. The molecule has 0 saturated carbocycles. The maximum Gasteiger partial charge on any atom is 0.255 e. The van der Waals surface area contributed by atoms with Crippen LogP contribution in [-0.2, 0) is 16.1 Å². The summed E-state index contributed by atoms with van der Waals surface area (Å²) in [5, 5.41) is 5.47. The van der Waals surface area contributed by atoms with Crippen LogP contribution in [0.5, 0.6) is 0 Å². The van der Waals surface area contributed by atoms with Gasteiger partial charge >= 0.3 is 0 Å². The van der Waals surface area contributed by atoms with E-state index in [1.54, 1.807) is 31.2 Å². The van der Waals surface area contributed by atoms with Crippen LogP contribution in [0.3, 0.4) is 0 Å². The lowest BCUT2D eigenvalue weighted by Gasteiger charge is -2.12. The number of carbonyl (C=O) groups excluding carboxylic acids is 2. The van der Waals surface area contributed by atoms with Crippen molar-refractivity contribution in [2.45, 2.75) is 26.5 Å². The third-order valence-electron chi connectivity index (χ3n) is 3.57. The molecule has 0 bridgehead atoms. The first-order valence-electron chi connectivity index (χ1n) is 8.04. The molecule has 0 unspecified atom stereocenters. The SMILES string of the molecule is CCO[C@H](C)C(=O)NCc1ccc(C(=O)Nc2ccc(F)cc2)cc1. The molecule has 0 heterocycles. The molecule has 0 aliphatic rings. The molecule has 6 heteroatoms. The summed E-state index contributed by atoms with van der Waals surface area (Å²) in [5.74, 6) is -0.824. The van der Waals surface area contributed by atoms with Crippen molar-refractivity contribution in [1.29, 1.82) is 0 Å². The van der Waals surface area contributed by atoms with Crippen molar-refractivity contribution in [3.05, 3.63) is 65.5 Å². The Morgan fingerprint density at radius 3 is 2.32 bits per heavy atom. The van der Waals surface area contributed by atoms with Crippen molar-refractivity contribution in [1.82, 2.24) is 5.32 Å². The predicted octanol–water partition coefficient (Wildman–Crippen LogP) is 3.12. The molecule has 25 heavy (non-hydrogen) atoms. The molecule has 2 N–H and O–H groups in total. The number of hydrogen-bond donors (Lipinski definition) is 2. The summed E-state index contributed by atoms with van der Waals surface area (Å²) in [6.07, 6.45) is -0.495. The Kier molecular flexibility index (Phi) is 6.65. The minimum absolute atomic E-state index is 0.181. The van der Waals surface area contributed by atoms with Crippen LogP contribution >= 0.6 is 0 Å². The maximum atomic E-state index is 12.9. The van der Waals surface area contributed by atoms with Crippen LogP contribution in [0.1, 0.15) is 29.8 Å². The van der Waals surface area contributed by atoms with E-state index < -0.39 is 6.10 Å². The van der Waals surface area contributed by atoms with Crippen molar-refractivity contribution < 1.29 is 18.7 Å². The van der Waals surface area contributed by atoms with E-state index in [0.29, 0.717) is 24.4 Å². The minimum Gasteiger partial charge on any atom is -0.369 e. The smallest absolute Gasteiger partial charge is 0.255 e. The number of amides is 2. The number of carbonyl (C=O) groups is 2. The van der Waals surface area contributed by atoms with Gasteiger partial charge in [0.25, 0.3) is 5.91 Å². The quantitative estimate of drug-likeness (QED) is 0.811. The second-order valence-corrected chi connectivity index (χ2v) is 5.47. The summed E-state index contributed by atoms with van der Waals surface area (Å²) in [7, 11) is 0. The number of benzene rings is 2. The maximum absolute atomic E-state index is 12.9. The molecule has 0 aromatic heterocycles. The normalized spacial score (nSPS) is 11.6. The van der Waals surface area contributed by atoms with Gasteiger partial charge in [0.15, 0.2) is 0 Å². The average Bonchev–Trinajstić information content (AvgIpc) is 2.62. The fourth-order valence-electron chi connectivity index (χ4n) is 2.17. The molecule has 132 valence electrons. The summed E-state index contributed by atoms with van der Waals surface area (Å²) >= 11 is 0. The van der Waals surface area contributed by atoms with E-state index >= 15 is 0 Å². The largest absolute Gasteiger partial charge is 0.369 e. The van der Waals surface area contributed by atoms with Crippen molar-refractivity contribution in [2.75, 3.05) is 11.9 Å². The number of halogens is 1. The molecule has 0 saturated heterocycles. The second kappa shape index (κ2) is 8.94. The van der Waals surface area contributed by atoms with Crippen molar-refractivity contribution in [3.8, 4) is 0 Å². The monoisotopic (exact) mass is 344 g/mol. The Balaban J connectivity index is 1.89. The first-order chi connectivity index (χ1) is 12.0. The molecule has 0 fully saturated rings. The highest BCUT2D eigenvalue weighted by Gasteiger charge is 2.12. The van der Waals surface area contributed by atoms with Gasteiger partial charge in [0.05, 0.1) is 0 Å². The highest BCUT2D eigenvalue weighted by atomic mass is 19.1. The minimum atomic E-state index is -0.495. The van der Waals surface area contributed by atoms with Gasteiger partial charge in [0.2, 0.25) is 5.91 Å². The molecule has 2 aromatic rings. The van der Waals surface area contributed by atoms with Crippen LogP contribution in [0.15, 0.2) is 48.5 Å². The van der Waals surface area contributed by atoms with Gasteiger partial charge < -0.3 is 15.4 Å². The molecule has 0 spiro atoms. The zero-order chi connectivity index (χ0) is 18.2. The number of hydrogen-bond acceptors (Lipinski definition) is 3. The first-order valence-corrected chi connectivity index (χ1v) is 8.04. The Morgan fingerprint density at radius 2 is 1.72 bits per heavy atom. The molecular weight excluding hydrogens is 323 g/mol. The van der Waals surface area contributed by atoms with Crippen molar-refractivity contribution in [3.63, 3.8) is 0 Å². The van der Waals surface area contributed by atoms with Gasteiger partial charge in [-0.05, 0) is 55.8 Å². The number of nitrogens with one attached hydrogen (secondary N) is 2. The van der Waals surface area contributed by atoms with E-state index in [1.165, 1.54) is 24.3 Å².